The molecule has 1 amide bonds. The molecule has 1 N–H and O–H groups in total. The number of halogens is 1. The van der Waals surface area contributed by atoms with Crippen molar-refractivity contribution in [1.82, 2.24) is 5.32 Å². The average molecular weight is 313 g/mol. The second kappa shape index (κ2) is 8.13. The lowest BCUT2D eigenvalue weighted by molar-refractivity contribution is -0.117. The van der Waals surface area contributed by atoms with Crippen LogP contribution in [-0.4, -0.2) is 12.5 Å². The van der Waals surface area contributed by atoms with Gasteiger partial charge in [-0.3, -0.25) is 4.79 Å². The fourth-order valence-corrected chi connectivity index (χ4v) is 2.11. The van der Waals surface area contributed by atoms with Crippen LogP contribution in [0.3, 0.4) is 0 Å². The molecule has 4 heteroatoms. The molecule has 1 atom stereocenters. The number of hydrogen-bond acceptors (Lipinski definition) is 2. The van der Waals surface area contributed by atoms with Crippen LogP contribution in [0.2, 0.25) is 0 Å². The van der Waals surface area contributed by atoms with E-state index in [1.165, 1.54) is 18.2 Å². The molecule has 0 fully saturated rings. The SMILES string of the molecule is CCOc1ccc(/C=C/C(=O)N[C@H](C)c2ccc(F)cc2)cc1. The van der Waals surface area contributed by atoms with Crippen molar-refractivity contribution in [2.24, 2.45) is 0 Å². The maximum Gasteiger partial charge on any atom is 0.244 e. The predicted octanol–water partition coefficient (Wildman–Crippen LogP) is 4.12. The zero-order chi connectivity index (χ0) is 16.7. The lowest BCUT2D eigenvalue weighted by Gasteiger charge is -2.12. The fraction of sp³-hybridized carbons (Fsp3) is 0.211. The molecule has 2 rings (SSSR count). The Hall–Kier alpha value is -2.62. The first kappa shape index (κ1) is 16.7. The number of carbonyl (C=O) groups excluding carboxylic acids is 1. The van der Waals surface area contributed by atoms with E-state index in [-0.39, 0.29) is 17.8 Å². The first-order valence-corrected chi connectivity index (χ1v) is 7.55. The Labute approximate surface area is 135 Å². The molecule has 23 heavy (non-hydrogen) atoms. The molecule has 0 unspecified atom stereocenters. The third-order valence-electron chi connectivity index (χ3n) is 3.35. The van der Waals surface area contributed by atoms with Gasteiger partial charge in [-0.05, 0) is 55.3 Å². The number of hydrogen-bond donors (Lipinski definition) is 1. The highest BCUT2D eigenvalue weighted by Gasteiger charge is 2.07. The van der Waals surface area contributed by atoms with Gasteiger partial charge in [-0.25, -0.2) is 4.39 Å². The molecule has 0 aliphatic rings. The van der Waals surface area contributed by atoms with Crippen molar-refractivity contribution in [3.05, 3.63) is 71.6 Å². The highest BCUT2D eigenvalue weighted by Crippen LogP contribution is 2.14. The normalized spacial score (nSPS) is 12.1. The van der Waals surface area contributed by atoms with Crippen LogP contribution in [0, 0.1) is 5.82 Å². The van der Waals surface area contributed by atoms with Crippen molar-refractivity contribution in [1.29, 1.82) is 0 Å². The van der Waals surface area contributed by atoms with E-state index in [2.05, 4.69) is 5.32 Å². The molecule has 0 saturated carbocycles. The second-order valence-electron chi connectivity index (χ2n) is 5.12. The fourth-order valence-electron chi connectivity index (χ4n) is 2.11. The third kappa shape index (κ3) is 5.25. The topological polar surface area (TPSA) is 38.3 Å². The zero-order valence-electron chi connectivity index (χ0n) is 13.3. The molecule has 0 aliphatic carbocycles. The average Bonchev–Trinajstić information content (AvgIpc) is 2.55. The van der Waals surface area contributed by atoms with Gasteiger partial charge < -0.3 is 10.1 Å². The molecule has 2 aromatic carbocycles. The zero-order valence-corrected chi connectivity index (χ0v) is 13.3. The van der Waals surface area contributed by atoms with Gasteiger partial charge >= 0.3 is 0 Å². The highest BCUT2D eigenvalue weighted by atomic mass is 19.1. The van der Waals surface area contributed by atoms with Gasteiger partial charge in [-0.2, -0.15) is 0 Å². The summed E-state index contributed by atoms with van der Waals surface area (Å²) in [7, 11) is 0. The molecule has 0 spiro atoms. The first-order valence-electron chi connectivity index (χ1n) is 7.55. The Kier molecular flexibility index (Phi) is 5.92. The molecule has 0 heterocycles. The highest BCUT2D eigenvalue weighted by molar-refractivity contribution is 5.91. The van der Waals surface area contributed by atoms with E-state index in [1.807, 2.05) is 38.1 Å². The van der Waals surface area contributed by atoms with Gasteiger partial charge in [0.05, 0.1) is 12.6 Å². The lowest BCUT2D eigenvalue weighted by Crippen LogP contribution is -2.24. The maximum atomic E-state index is 12.9. The van der Waals surface area contributed by atoms with Crippen molar-refractivity contribution < 1.29 is 13.9 Å². The minimum atomic E-state index is -0.289. The smallest absolute Gasteiger partial charge is 0.244 e. The van der Waals surface area contributed by atoms with Crippen molar-refractivity contribution in [3.63, 3.8) is 0 Å². The lowest BCUT2D eigenvalue weighted by atomic mass is 10.1. The standard InChI is InChI=1S/C19H20FNO2/c1-3-23-18-11-4-15(5-12-18)6-13-19(22)21-14(2)16-7-9-17(20)10-8-16/h4-14H,3H2,1-2H3,(H,21,22)/b13-6+/t14-/m1/s1. The predicted molar refractivity (Wildman–Crippen MR) is 89.6 cm³/mol. The summed E-state index contributed by atoms with van der Waals surface area (Å²) in [4.78, 5) is 11.9. The van der Waals surface area contributed by atoms with Crippen LogP contribution in [0.1, 0.15) is 31.0 Å². The van der Waals surface area contributed by atoms with Crippen molar-refractivity contribution >= 4 is 12.0 Å². The Morgan fingerprint density at radius 3 is 2.43 bits per heavy atom. The summed E-state index contributed by atoms with van der Waals surface area (Å²) in [6.07, 6.45) is 3.22. The minimum Gasteiger partial charge on any atom is -0.494 e. The number of benzene rings is 2. The van der Waals surface area contributed by atoms with E-state index in [1.54, 1.807) is 18.2 Å². The molecule has 120 valence electrons. The van der Waals surface area contributed by atoms with Gasteiger partial charge in [-0.15, -0.1) is 0 Å². The Morgan fingerprint density at radius 2 is 1.83 bits per heavy atom. The van der Waals surface area contributed by atoms with Gasteiger partial charge in [0.25, 0.3) is 0 Å². The summed E-state index contributed by atoms with van der Waals surface area (Å²) in [5.41, 5.74) is 1.77. The Balaban J connectivity index is 1.91. The Morgan fingerprint density at radius 1 is 1.17 bits per heavy atom. The molecule has 0 aromatic heterocycles. The Bertz CT molecular complexity index is 663. The van der Waals surface area contributed by atoms with Gasteiger partial charge in [0, 0.05) is 6.08 Å². The summed E-state index contributed by atoms with van der Waals surface area (Å²) in [5, 5.41) is 2.84. The number of amides is 1. The molecule has 0 saturated heterocycles. The number of nitrogens with one attached hydrogen (secondary N) is 1. The molecule has 0 radical (unpaired) electrons. The summed E-state index contributed by atoms with van der Waals surface area (Å²) in [5.74, 6) is 0.317. The van der Waals surface area contributed by atoms with Gasteiger partial charge in [-0.1, -0.05) is 24.3 Å². The molecule has 2 aromatic rings. The monoisotopic (exact) mass is 313 g/mol. The van der Waals surface area contributed by atoms with Crippen molar-refractivity contribution in [2.45, 2.75) is 19.9 Å². The van der Waals surface area contributed by atoms with E-state index in [0.717, 1.165) is 16.9 Å². The van der Waals surface area contributed by atoms with Crippen LogP contribution in [0.15, 0.2) is 54.6 Å². The molecular weight excluding hydrogens is 293 g/mol. The van der Waals surface area contributed by atoms with Crippen LogP contribution in [0.4, 0.5) is 4.39 Å². The molecule has 3 nitrogen and oxygen atoms in total. The molecule has 0 bridgehead atoms. The molecule has 0 aliphatic heterocycles. The van der Waals surface area contributed by atoms with Crippen LogP contribution < -0.4 is 10.1 Å². The van der Waals surface area contributed by atoms with E-state index in [0.29, 0.717) is 6.61 Å². The van der Waals surface area contributed by atoms with Crippen LogP contribution >= 0.6 is 0 Å². The molecular formula is C19H20FNO2. The summed E-state index contributed by atoms with van der Waals surface area (Å²) < 4.78 is 18.3. The van der Waals surface area contributed by atoms with E-state index in [4.69, 9.17) is 4.74 Å². The maximum absolute atomic E-state index is 12.9. The van der Waals surface area contributed by atoms with Gasteiger partial charge in [0.15, 0.2) is 0 Å². The quantitative estimate of drug-likeness (QED) is 0.815. The van der Waals surface area contributed by atoms with Crippen molar-refractivity contribution in [3.8, 4) is 5.75 Å². The first-order chi connectivity index (χ1) is 11.1. The third-order valence-corrected chi connectivity index (χ3v) is 3.35. The summed E-state index contributed by atoms with van der Waals surface area (Å²) in [6, 6.07) is 13.4. The summed E-state index contributed by atoms with van der Waals surface area (Å²) >= 11 is 0. The minimum absolute atomic E-state index is 0.187. The van der Waals surface area contributed by atoms with E-state index in [9.17, 15) is 9.18 Å². The second-order valence-corrected chi connectivity index (χ2v) is 5.12. The van der Waals surface area contributed by atoms with Gasteiger partial charge in [0.1, 0.15) is 11.6 Å². The summed E-state index contributed by atoms with van der Waals surface area (Å²) in [6.45, 7) is 4.41. The number of carbonyl (C=O) groups is 1. The number of ether oxygens (including phenoxy) is 1. The van der Waals surface area contributed by atoms with E-state index < -0.39 is 0 Å². The van der Waals surface area contributed by atoms with Crippen LogP contribution in [0.25, 0.3) is 6.08 Å². The van der Waals surface area contributed by atoms with Crippen LogP contribution in [-0.2, 0) is 4.79 Å². The number of rotatable bonds is 6. The van der Waals surface area contributed by atoms with E-state index >= 15 is 0 Å². The van der Waals surface area contributed by atoms with Crippen molar-refractivity contribution in [2.75, 3.05) is 6.61 Å². The van der Waals surface area contributed by atoms with Gasteiger partial charge in [0.2, 0.25) is 5.91 Å². The largest absolute Gasteiger partial charge is 0.494 e. The van der Waals surface area contributed by atoms with Crippen LogP contribution in [0.5, 0.6) is 5.75 Å².